The van der Waals surface area contributed by atoms with E-state index in [9.17, 15) is 19.5 Å². The minimum Gasteiger partial charge on any atom is -0.507 e. The van der Waals surface area contributed by atoms with Crippen LogP contribution in [0.1, 0.15) is 83.0 Å². The molecule has 3 atom stereocenters. The number of aryl methyl sites for hydroxylation is 2. The van der Waals surface area contributed by atoms with Crippen molar-refractivity contribution in [2.45, 2.75) is 97.9 Å². The molecular formula is C31H43N3O5. The van der Waals surface area contributed by atoms with Crippen molar-refractivity contribution in [2.75, 3.05) is 5.32 Å². The first-order chi connectivity index (χ1) is 18.3. The topological polar surface area (TPSA) is 108 Å². The molecule has 0 aliphatic heterocycles. The summed E-state index contributed by atoms with van der Waals surface area (Å²) < 4.78 is 5.47. The summed E-state index contributed by atoms with van der Waals surface area (Å²) in [6.07, 6.45) is 2.32. The molecule has 1 aliphatic carbocycles. The third-order valence-electron chi connectivity index (χ3n) is 7.37. The smallest absolute Gasteiger partial charge is 0.408 e. The number of carbonyl (C=O) groups is 3. The summed E-state index contributed by atoms with van der Waals surface area (Å²) in [6, 6.07) is 10.4. The van der Waals surface area contributed by atoms with Gasteiger partial charge in [-0.3, -0.25) is 9.59 Å². The largest absolute Gasteiger partial charge is 0.507 e. The number of para-hydroxylation sites is 2. The Morgan fingerprint density at radius 1 is 1.05 bits per heavy atom. The lowest BCUT2D eigenvalue weighted by Crippen LogP contribution is -2.58. The molecule has 3 unspecified atom stereocenters. The van der Waals surface area contributed by atoms with Crippen LogP contribution in [0.15, 0.2) is 42.5 Å². The molecule has 8 nitrogen and oxygen atoms in total. The molecule has 2 aromatic carbocycles. The molecule has 0 radical (unpaired) electrons. The van der Waals surface area contributed by atoms with Gasteiger partial charge in [-0.25, -0.2) is 4.79 Å². The highest BCUT2D eigenvalue weighted by atomic mass is 16.6. The molecular weight excluding hydrogens is 494 g/mol. The summed E-state index contributed by atoms with van der Waals surface area (Å²) in [5.41, 5.74) is 1.73. The van der Waals surface area contributed by atoms with Gasteiger partial charge in [0.2, 0.25) is 5.91 Å². The number of phenols is 1. The normalized spacial score (nSPS) is 15.9. The van der Waals surface area contributed by atoms with Crippen LogP contribution in [-0.2, 0) is 14.3 Å². The Morgan fingerprint density at radius 2 is 1.69 bits per heavy atom. The van der Waals surface area contributed by atoms with Crippen molar-refractivity contribution in [3.05, 3.63) is 59.2 Å². The van der Waals surface area contributed by atoms with E-state index in [2.05, 4.69) is 10.6 Å². The summed E-state index contributed by atoms with van der Waals surface area (Å²) in [4.78, 5) is 42.9. The zero-order valence-electron chi connectivity index (χ0n) is 24.2. The van der Waals surface area contributed by atoms with E-state index in [1.54, 1.807) is 50.8 Å². The minimum atomic E-state index is -1.10. The first kappa shape index (κ1) is 30.0. The minimum absolute atomic E-state index is 0.0280. The number of phenolic OH excluding ortho intramolecular Hbond substituents is 1. The molecule has 0 bridgehead atoms. The van der Waals surface area contributed by atoms with Gasteiger partial charge in [0.05, 0.1) is 0 Å². The van der Waals surface area contributed by atoms with E-state index in [4.69, 9.17) is 4.74 Å². The quantitative estimate of drug-likeness (QED) is 0.363. The first-order valence-electron chi connectivity index (χ1n) is 13.8. The van der Waals surface area contributed by atoms with E-state index in [1.807, 2.05) is 45.0 Å². The number of carbonyl (C=O) groups excluding carboxylic acids is 3. The van der Waals surface area contributed by atoms with Gasteiger partial charge >= 0.3 is 6.09 Å². The number of rotatable bonds is 9. The molecule has 0 aromatic heterocycles. The standard InChI is InChI=1S/C31H43N3O5/c1-8-19(2)25(33-30(38)39-31(5,6)7)29(37)34(22-15-12-16-22)26(23-17-11-14-21(4)27(23)35)28(36)32-24-18-10-9-13-20(24)3/h9-11,13-14,17-19,22,25-26,35H,8,12,15-16H2,1-7H3,(H,32,36)(H,33,38). The molecule has 0 saturated heterocycles. The highest BCUT2D eigenvalue weighted by molar-refractivity contribution is 6.00. The lowest BCUT2D eigenvalue weighted by Gasteiger charge is -2.44. The summed E-state index contributed by atoms with van der Waals surface area (Å²) in [6.45, 7) is 12.8. The second kappa shape index (κ2) is 12.5. The number of ether oxygens (including phenoxy) is 1. The SMILES string of the molecule is CCC(C)C(NC(=O)OC(C)(C)C)C(=O)N(C1CCC1)C(C(=O)Nc1ccccc1C)c1cccc(C)c1O. The van der Waals surface area contributed by atoms with Crippen molar-refractivity contribution >= 4 is 23.6 Å². The third kappa shape index (κ3) is 7.31. The van der Waals surface area contributed by atoms with Crippen LogP contribution in [0.2, 0.25) is 0 Å². The fourth-order valence-electron chi connectivity index (χ4n) is 4.70. The third-order valence-corrected chi connectivity index (χ3v) is 7.37. The Hall–Kier alpha value is -3.55. The Labute approximate surface area is 232 Å². The Balaban J connectivity index is 2.09. The first-order valence-corrected chi connectivity index (χ1v) is 13.8. The van der Waals surface area contributed by atoms with Crippen molar-refractivity contribution in [1.29, 1.82) is 0 Å². The lowest BCUT2D eigenvalue weighted by atomic mass is 9.86. The molecule has 8 heteroatoms. The van der Waals surface area contributed by atoms with E-state index in [1.165, 1.54) is 0 Å². The zero-order chi connectivity index (χ0) is 28.9. The molecule has 1 fully saturated rings. The average molecular weight is 538 g/mol. The number of hydrogen-bond acceptors (Lipinski definition) is 5. The molecule has 3 amide bonds. The van der Waals surface area contributed by atoms with Crippen molar-refractivity contribution in [2.24, 2.45) is 5.92 Å². The van der Waals surface area contributed by atoms with Gasteiger partial charge < -0.3 is 25.4 Å². The average Bonchev–Trinajstić information content (AvgIpc) is 2.83. The van der Waals surface area contributed by atoms with E-state index >= 15 is 0 Å². The monoisotopic (exact) mass is 537 g/mol. The van der Waals surface area contributed by atoms with Gasteiger partial charge in [0, 0.05) is 17.3 Å². The second-order valence-electron chi connectivity index (χ2n) is 11.6. The van der Waals surface area contributed by atoms with Crippen LogP contribution >= 0.6 is 0 Å². The maximum absolute atomic E-state index is 14.4. The number of anilines is 1. The number of alkyl carbamates (subject to hydrolysis) is 1. The van der Waals surface area contributed by atoms with Crippen molar-refractivity contribution in [3.8, 4) is 5.75 Å². The van der Waals surface area contributed by atoms with Crippen LogP contribution < -0.4 is 10.6 Å². The van der Waals surface area contributed by atoms with Crippen LogP contribution in [0.25, 0.3) is 0 Å². The van der Waals surface area contributed by atoms with E-state index in [0.29, 0.717) is 23.2 Å². The summed E-state index contributed by atoms with van der Waals surface area (Å²) in [5.74, 6) is -1.05. The Bertz CT molecular complexity index is 1180. The van der Waals surface area contributed by atoms with Crippen molar-refractivity contribution in [1.82, 2.24) is 10.2 Å². The molecule has 0 heterocycles. The summed E-state index contributed by atoms with van der Waals surface area (Å²) >= 11 is 0. The van der Waals surface area contributed by atoms with Crippen LogP contribution in [-0.4, -0.2) is 45.6 Å². The molecule has 2 aromatic rings. The zero-order valence-corrected chi connectivity index (χ0v) is 24.2. The number of nitrogens with one attached hydrogen (secondary N) is 2. The summed E-state index contributed by atoms with van der Waals surface area (Å²) in [5, 5.41) is 16.9. The predicted molar refractivity (Wildman–Crippen MR) is 152 cm³/mol. The van der Waals surface area contributed by atoms with Gasteiger partial charge in [-0.05, 0) is 77.0 Å². The molecule has 212 valence electrons. The molecule has 39 heavy (non-hydrogen) atoms. The number of nitrogens with zero attached hydrogens (tertiary/aromatic N) is 1. The fourth-order valence-corrected chi connectivity index (χ4v) is 4.70. The highest BCUT2D eigenvalue weighted by Gasteiger charge is 2.44. The molecule has 3 rings (SSSR count). The fraction of sp³-hybridized carbons (Fsp3) is 0.516. The van der Waals surface area contributed by atoms with Crippen molar-refractivity contribution in [3.63, 3.8) is 0 Å². The van der Waals surface area contributed by atoms with Gasteiger partial charge in [-0.15, -0.1) is 0 Å². The molecule has 1 saturated carbocycles. The predicted octanol–water partition coefficient (Wildman–Crippen LogP) is 6.01. The highest BCUT2D eigenvalue weighted by Crippen LogP contribution is 2.39. The van der Waals surface area contributed by atoms with Gasteiger partial charge in [0.25, 0.3) is 5.91 Å². The van der Waals surface area contributed by atoms with Gasteiger partial charge in [0.1, 0.15) is 23.4 Å². The van der Waals surface area contributed by atoms with E-state index in [0.717, 1.165) is 24.8 Å². The van der Waals surface area contributed by atoms with Crippen LogP contribution in [0, 0.1) is 19.8 Å². The maximum Gasteiger partial charge on any atom is 0.408 e. The van der Waals surface area contributed by atoms with Crippen LogP contribution in [0.3, 0.4) is 0 Å². The Morgan fingerprint density at radius 3 is 2.26 bits per heavy atom. The maximum atomic E-state index is 14.4. The molecule has 3 N–H and O–H groups in total. The Kier molecular flexibility index (Phi) is 9.64. The van der Waals surface area contributed by atoms with Crippen molar-refractivity contribution < 1.29 is 24.2 Å². The van der Waals surface area contributed by atoms with Crippen LogP contribution in [0.4, 0.5) is 10.5 Å². The second-order valence-corrected chi connectivity index (χ2v) is 11.6. The lowest BCUT2D eigenvalue weighted by molar-refractivity contribution is -0.147. The summed E-state index contributed by atoms with van der Waals surface area (Å²) in [7, 11) is 0. The number of aromatic hydroxyl groups is 1. The molecule has 0 spiro atoms. The van der Waals surface area contributed by atoms with Gasteiger partial charge in [-0.2, -0.15) is 0 Å². The number of benzene rings is 2. The van der Waals surface area contributed by atoms with Crippen LogP contribution in [0.5, 0.6) is 5.75 Å². The molecule has 1 aliphatic rings. The van der Waals surface area contributed by atoms with E-state index in [-0.39, 0.29) is 23.6 Å². The van der Waals surface area contributed by atoms with Gasteiger partial charge in [-0.1, -0.05) is 56.7 Å². The van der Waals surface area contributed by atoms with E-state index < -0.39 is 29.7 Å². The van der Waals surface area contributed by atoms with Gasteiger partial charge in [0.15, 0.2) is 0 Å². The number of hydrogen-bond donors (Lipinski definition) is 3. The number of amides is 3.